The van der Waals surface area contributed by atoms with Gasteiger partial charge in [-0.05, 0) is 144 Å². The molecule has 817 valence electrons. The monoisotopic (exact) mass is 2110 g/mol. The molecule has 5 aliphatic heterocycles. The van der Waals surface area contributed by atoms with E-state index in [1.807, 2.05) is 90.0 Å². The van der Waals surface area contributed by atoms with E-state index in [1.165, 1.54) is 24.3 Å². The third kappa shape index (κ3) is 35.8. The molecule has 45 heteroatoms. The van der Waals surface area contributed by atoms with Gasteiger partial charge in [0.05, 0.1) is 72.8 Å². The summed E-state index contributed by atoms with van der Waals surface area (Å²) in [7, 11) is 0. The van der Waals surface area contributed by atoms with Crippen LogP contribution in [0.4, 0.5) is 0 Å². The number of aromatic nitrogens is 2. The summed E-state index contributed by atoms with van der Waals surface area (Å²) in [4.78, 5) is 236. The van der Waals surface area contributed by atoms with Crippen molar-refractivity contribution in [3.05, 3.63) is 54.1 Å². The average molecular weight is 2110 g/mol. The molecular formula is C100H163MnN17O26S. The van der Waals surface area contributed by atoms with Gasteiger partial charge in [-0.2, -0.15) is 5.26 Å². The van der Waals surface area contributed by atoms with E-state index in [0.717, 1.165) is 12.8 Å². The number of ether oxygens (including phenoxy) is 3. The number of ketones is 1. The Hall–Kier alpha value is -9.67. The number of aliphatic hydroxyl groups is 3. The number of imidazole rings is 1. The van der Waals surface area contributed by atoms with Crippen LogP contribution in [0, 0.1) is 65.1 Å². The summed E-state index contributed by atoms with van der Waals surface area (Å²) in [6, 6.07) is -8.34. The van der Waals surface area contributed by atoms with E-state index in [2.05, 4.69) is 78.3 Å². The first-order valence-corrected chi connectivity index (χ1v) is 52.0. The number of primary amides is 1. The number of nitrogens with one attached hydrogen (secondary N) is 12. The van der Waals surface area contributed by atoms with Crippen molar-refractivity contribution in [3.8, 4) is 0 Å². The second-order valence-electron chi connectivity index (χ2n) is 40.8. The molecule has 4 saturated heterocycles. The summed E-state index contributed by atoms with van der Waals surface area (Å²) >= 11 is 1.35. The van der Waals surface area contributed by atoms with Gasteiger partial charge in [-0.1, -0.05) is 167 Å². The number of aromatic amines is 1. The number of carboxylic acids is 2. The van der Waals surface area contributed by atoms with Gasteiger partial charge in [0.2, 0.25) is 70.9 Å². The maximum absolute atomic E-state index is 14.9. The molecule has 1 aromatic heterocycles. The molecule has 1 radical (unpaired) electrons. The first-order chi connectivity index (χ1) is 67.8. The molecule has 0 aliphatic carbocycles. The van der Waals surface area contributed by atoms with Gasteiger partial charge < -0.3 is 125 Å². The van der Waals surface area contributed by atoms with Gasteiger partial charge in [-0.25, -0.2) is 9.78 Å². The number of hydrogen-bond acceptors (Lipinski definition) is 29. The maximum atomic E-state index is 14.9. The number of amides is 12. The number of nitrogens with two attached hydrogens (primary N) is 3. The number of H-pyrrole nitrogens is 1. The third-order valence-corrected chi connectivity index (χ3v) is 30.3. The predicted octanol–water partition coefficient (Wildman–Crippen LogP) is 3.22. The topological polar surface area (TPSA) is 683 Å². The second-order valence-corrected chi connectivity index (χ2v) is 41.8. The zero-order valence-electron chi connectivity index (χ0n) is 87.1. The Kier molecular flexibility index (Phi) is 51.6. The molecule has 43 nitrogen and oxygen atoms in total. The van der Waals surface area contributed by atoms with Crippen molar-refractivity contribution in [1.82, 2.24) is 68.5 Å². The second kappa shape index (κ2) is 59.5. The van der Waals surface area contributed by atoms with Crippen molar-refractivity contribution in [3.63, 3.8) is 0 Å². The molecule has 0 unspecified atom stereocenters. The van der Waals surface area contributed by atoms with E-state index in [9.17, 15) is 102 Å². The first kappa shape index (κ1) is 126. The number of aliphatic imine (C=N–C) groups is 1. The van der Waals surface area contributed by atoms with Crippen LogP contribution in [-0.2, 0) is 126 Å². The molecule has 2 aromatic rings. The number of carboxylic acid groups (broad SMARTS) is 2. The fraction of sp³-hybridized carbons (Fsp3) is 0.740. The molecule has 0 saturated carbocycles. The maximum Gasteiger partial charge on any atom is 0.344 e. The van der Waals surface area contributed by atoms with E-state index in [-0.39, 0.29) is 154 Å². The molecule has 6 heterocycles. The van der Waals surface area contributed by atoms with Crippen LogP contribution in [0.3, 0.4) is 0 Å². The minimum Gasteiger partial charge on any atom is -0.481 e. The standard InChI is InChI=1S/C66H103N17O16S.C34H60O10.Mn/c1-9-35(6)52(69)66-81-48(32-100-66)63(97)76-43(26-34(4)5)59(93)74-42(22-23-50(85)86)58(92)83-53(36(7)10-2)64(98)75-40-20-15-16-25-71-55(89)46(29-49(68)84)78-62(96)47(30-51(87)88)79-61(95)45(28-39-31-70-33-72-39)77-60(94)44(27-38-18-13-12-14-19-38)80-65(99)54(37(8)11-3)82-57(91)41(21-17-24-67)73-56(40)90;1-11-24(29(38)22(8)28(37)23(9)30-19(5)14-18(4)25(41-30)15-27(36)43-40)31-20(6)16-32(10,42-31)34(39)21(7)17-33(13-3,44-34)26(35)12-2;/h12-14,18-19,31,33-37,40-48,52-54H,9-11,15-17,20-30,32,67,69H2,1-8H3,(H2,68,84)(H,70,72)(H,71,89)(H,73,90)(H,74,93)(H,75,98)(H,76,97)(H,77,94)(H,78,96)(H,79,95)(H,80,99)(H,82,91)(H,83,92)(H,85,86)(H,87,88);18-26,28,30-31,35,37,39-40H,11-17H2,1-10H3;/t35-,36-,37-,40-,41+,42+,43-,44+,45-,46-,47+,48-,52-,53-,54-;18-,19+,20+,21-,22+,23-,24+,25+,26+,28-,30+,31+,32+,33+,34-;/m01./s1. The number of carbonyl (C=O) groups excluding carboxylic acids is 14. The van der Waals surface area contributed by atoms with E-state index in [4.69, 9.17) is 36.7 Å². The van der Waals surface area contributed by atoms with Crippen molar-refractivity contribution in [2.24, 2.45) is 87.3 Å². The third-order valence-electron chi connectivity index (χ3n) is 29.1. The van der Waals surface area contributed by atoms with Crippen molar-refractivity contribution < 1.29 is 144 Å². The zero-order valence-corrected chi connectivity index (χ0v) is 89.1. The van der Waals surface area contributed by atoms with E-state index in [0.29, 0.717) is 48.4 Å². The number of rotatable bonds is 44. The van der Waals surface area contributed by atoms with Gasteiger partial charge in [0.15, 0.2) is 5.79 Å². The normalized spacial score (nSPS) is 29.0. The van der Waals surface area contributed by atoms with Crippen molar-refractivity contribution in [1.29, 1.82) is 0 Å². The van der Waals surface area contributed by atoms with Crippen molar-refractivity contribution in [2.45, 2.75) is 386 Å². The van der Waals surface area contributed by atoms with Crippen molar-refractivity contribution in [2.75, 3.05) is 18.8 Å². The zero-order chi connectivity index (χ0) is 108. The predicted molar refractivity (Wildman–Crippen MR) is 534 cm³/mol. The van der Waals surface area contributed by atoms with Crippen LogP contribution in [0.2, 0.25) is 0 Å². The van der Waals surface area contributed by atoms with Crippen LogP contribution in [0.15, 0.2) is 47.8 Å². The summed E-state index contributed by atoms with van der Waals surface area (Å²) in [5.41, 5.74) is 16.8. The number of aliphatic hydroxyl groups excluding tert-OH is 2. The van der Waals surface area contributed by atoms with Gasteiger partial charge in [-0.15, -0.1) is 11.8 Å². The molecule has 1 aromatic carbocycles. The Morgan fingerprint density at radius 1 is 0.662 bits per heavy atom. The number of Topliss-reactive ketones (excluding diaryl/α,β-unsaturated/α-hetero) is 1. The van der Waals surface area contributed by atoms with Gasteiger partial charge in [0.1, 0.15) is 77.8 Å². The van der Waals surface area contributed by atoms with Crippen LogP contribution in [-0.4, -0.2) is 279 Å². The molecular weight excluding hydrogens is 1940 g/mol. The summed E-state index contributed by atoms with van der Waals surface area (Å²) in [6.07, 6.45) is 0.605. The molecule has 12 amide bonds. The molecule has 7 rings (SSSR count). The fourth-order valence-corrected chi connectivity index (χ4v) is 20.9. The van der Waals surface area contributed by atoms with Gasteiger partial charge >= 0.3 is 17.9 Å². The average Bonchev–Trinajstić information content (AvgIpc) is 1.56. The minimum atomic E-state index is -1.94. The number of benzene rings is 1. The van der Waals surface area contributed by atoms with Crippen LogP contribution < -0.4 is 75.7 Å². The SMILES string of the molecule is CC[C@@H](C(=O)[C@@H](C)[C@@H](O)[C@@H](C)[C@H]1O[C@@H](CC(=O)OO)[C@H](C)C[C@@H]1C)[C@H]1O[C@](C)([C@]2(O)O[C@](CC)([C@@H](O)CC)C[C@H]2C)C[C@@H]1C.CC[C@H](C)[C@H](N)C1=N[C@H](C(=O)N[C@@H](CC(C)C)C(=O)N[C@H](CCC(=O)O)C(=O)N[C@H](C(=O)N[C@H]2CCCCNC(=O)[C@H](CC(N)=O)NC(=O)[C@@H](CC(=O)O)NC(=O)[C@H](Cc3cnc[nH]3)NC(=O)[C@@H](Cc3ccccc3)NC(=O)[C@H]([C@@H](C)CC)NC(=O)[C@@H](CCCN)NC2=O)[C@@H](C)CC)CS1.[Mn]. The Bertz CT molecular complexity index is 4650. The van der Waals surface area contributed by atoms with Crippen LogP contribution >= 0.6 is 11.8 Å². The van der Waals surface area contributed by atoms with Crippen LogP contribution in [0.1, 0.15) is 264 Å². The van der Waals surface area contributed by atoms with Gasteiger partial charge in [0, 0.05) is 84.2 Å². The number of carbonyl (C=O) groups is 16. The quantitative estimate of drug-likeness (QED) is 0.0257. The fourth-order valence-electron chi connectivity index (χ4n) is 19.7. The molecule has 24 N–H and O–H groups in total. The number of hydrogen-bond donors (Lipinski definition) is 21. The van der Waals surface area contributed by atoms with E-state index < -0.39 is 258 Å². The molecule has 4 fully saturated rings. The number of aliphatic carboxylic acids is 2. The summed E-state index contributed by atoms with van der Waals surface area (Å²) in [6.45, 7) is 33.4. The smallest absolute Gasteiger partial charge is 0.344 e. The molecule has 0 bridgehead atoms. The summed E-state index contributed by atoms with van der Waals surface area (Å²) in [5, 5.41) is 92.2. The van der Waals surface area contributed by atoms with Gasteiger partial charge in [0.25, 0.3) is 0 Å². The van der Waals surface area contributed by atoms with Crippen molar-refractivity contribution >= 4 is 111 Å². The van der Waals surface area contributed by atoms with Gasteiger partial charge in [-0.3, -0.25) is 76.9 Å². The first-order valence-electron chi connectivity index (χ1n) is 51.1. The largest absolute Gasteiger partial charge is 0.481 e. The van der Waals surface area contributed by atoms with E-state index in [1.54, 1.807) is 65.0 Å². The summed E-state index contributed by atoms with van der Waals surface area (Å²) in [5.74, 6) is -19.7. The molecule has 30 atom stereocenters. The minimum absolute atomic E-state index is 0. The number of nitrogens with zero attached hydrogens (tertiary/aromatic N) is 2. The Balaban J connectivity index is 0.000000682. The molecule has 145 heavy (non-hydrogen) atoms. The Labute approximate surface area is 865 Å². The number of thioether (sulfide) groups is 1. The molecule has 0 spiro atoms. The Morgan fingerprint density at radius 2 is 1.27 bits per heavy atom. The van der Waals surface area contributed by atoms with E-state index >= 15 is 0 Å². The van der Waals surface area contributed by atoms with Crippen LogP contribution in [0.5, 0.6) is 0 Å². The Morgan fingerprint density at radius 3 is 1.84 bits per heavy atom. The van der Waals surface area contributed by atoms with Crippen LogP contribution in [0.25, 0.3) is 0 Å². The molecule has 5 aliphatic rings. The summed E-state index contributed by atoms with van der Waals surface area (Å²) < 4.78 is 19.4.